The summed E-state index contributed by atoms with van der Waals surface area (Å²) in [6, 6.07) is 25.0. The van der Waals surface area contributed by atoms with Crippen molar-refractivity contribution in [2.75, 3.05) is 13.6 Å². The Kier molecular flexibility index (Phi) is 7.53. The van der Waals surface area contributed by atoms with Gasteiger partial charge in [-0.2, -0.15) is 9.41 Å². The van der Waals surface area contributed by atoms with Crippen molar-refractivity contribution >= 4 is 22.1 Å². The molecule has 0 heterocycles. The van der Waals surface area contributed by atoms with E-state index in [-0.39, 0.29) is 11.4 Å². The molecule has 7 nitrogen and oxygen atoms in total. The van der Waals surface area contributed by atoms with Crippen LogP contribution in [0.1, 0.15) is 11.1 Å². The van der Waals surface area contributed by atoms with Crippen LogP contribution in [-0.4, -0.2) is 38.4 Å². The first-order chi connectivity index (χ1) is 14.9. The number of sulfonamides is 1. The summed E-state index contributed by atoms with van der Waals surface area (Å²) in [5, 5.41) is 3.91. The third-order valence-electron chi connectivity index (χ3n) is 4.33. The molecule has 1 amide bonds. The van der Waals surface area contributed by atoms with Crippen LogP contribution in [-0.2, 0) is 21.4 Å². The minimum absolute atomic E-state index is 0.126. The van der Waals surface area contributed by atoms with Crippen molar-refractivity contribution in [3.8, 4) is 5.75 Å². The van der Waals surface area contributed by atoms with Gasteiger partial charge in [0.25, 0.3) is 5.91 Å². The first-order valence-corrected chi connectivity index (χ1v) is 11.0. The lowest BCUT2D eigenvalue weighted by atomic mass is 10.2. The quantitative estimate of drug-likeness (QED) is 0.412. The van der Waals surface area contributed by atoms with Crippen LogP contribution in [0, 0.1) is 0 Å². The number of rotatable bonds is 9. The highest BCUT2D eigenvalue weighted by Gasteiger charge is 2.22. The molecule has 0 aliphatic rings. The number of nitrogens with zero attached hydrogens (tertiary/aromatic N) is 2. The van der Waals surface area contributed by atoms with E-state index in [4.69, 9.17) is 4.74 Å². The van der Waals surface area contributed by atoms with Gasteiger partial charge in [0.1, 0.15) is 12.4 Å². The topological polar surface area (TPSA) is 88.1 Å². The number of hydrazone groups is 1. The van der Waals surface area contributed by atoms with Crippen LogP contribution in [0.5, 0.6) is 5.75 Å². The molecule has 31 heavy (non-hydrogen) atoms. The summed E-state index contributed by atoms with van der Waals surface area (Å²) >= 11 is 0. The Hall–Kier alpha value is -3.49. The molecule has 0 aliphatic heterocycles. The number of amides is 1. The van der Waals surface area contributed by atoms with Crippen molar-refractivity contribution < 1.29 is 17.9 Å². The summed E-state index contributed by atoms with van der Waals surface area (Å²) in [4.78, 5) is 12.2. The summed E-state index contributed by atoms with van der Waals surface area (Å²) in [6.07, 6.45) is 1.47. The Labute approximate surface area is 182 Å². The monoisotopic (exact) mass is 437 g/mol. The van der Waals surface area contributed by atoms with E-state index in [1.807, 2.05) is 48.5 Å². The predicted molar refractivity (Wildman–Crippen MR) is 119 cm³/mol. The first-order valence-electron chi connectivity index (χ1n) is 9.55. The van der Waals surface area contributed by atoms with E-state index in [0.717, 1.165) is 15.4 Å². The molecule has 0 bridgehead atoms. The van der Waals surface area contributed by atoms with Gasteiger partial charge in [0, 0.05) is 7.05 Å². The van der Waals surface area contributed by atoms with E-state index in [1.165, 1.54) is 25.4 Å². The second kappa shape index (κ2) is 10.5. The Morgan fingerprint density at radius 2 is 1.68 bits per heavy atom. The molecule has 0 fully saturated rings. The molecule has 0 saturated heterocycles. The minimum atomic E-state index is -3.74. The summed E-state index contributed by atoms with van der Waals surface area (Å²) < 4.78 is 31.7. The maximum absolute atomic E-state index is 12.5. The molecule has 0 aromatic heterocycles. The number of benzene rings is 3. The van der Waals surface area contributed by atoms with Crippen LogP contribution >= 0.6 is 0 Å². The normalized spacial score (nSPS) is 11.5. The zero-order valence-corrected chi connectivity index (χ0v) is 17.8. The van der Waals surface area contributed by atoms with Crippen LogP contribution in [0.2, 0.25) is 0 Å². The smallest absolute Gasteiger partial charge is 0.255 e. The van der Waals surface area contributed by atoms with Gasteiger partial charge in [-0.25, -0.2) is 13.8 Å². The van der Waals surface area contributed by atoms with Gasteiger partial charge in [-0.15, -0.1) is 0 Å². The lowest BCUT2D eigenvalue weighted by Gasteiger charge is -2.15. The van der Waals surface area contributed by atoms with Crippen molar-refractivity contribution in [1.29, 1.82) is 0 Å². The number of hydrogen-bond acceptors (Lipinski definition) is 5. The van der Waals surface area contributed by atoms with Gasteiger partial charge in [-0.1, -0.05) is 60.7 Å². The van der Waals surface area contributed by atoms with Gasteiger partial charge in [0.15, 0.2) is 0 Å². The van der Waals surface area contributed by atoms with E-state index < -0.39 is 15.9 Å². The summed E-state index contributed by atoms with van der Waals surface area (Å²) in [6.45, 7) is 0.0924. The third-order valence-corrected chi connectivity index (χ3v) is 6.14. The molecular weight excluding hydrogens is 414 g/mol. The number of ether oxygens (including phenoxy) is 1. The molecule has 0 aliphatic carbocycles. The zero-order chi connectivity index (χ0) is 22.1. The summed E-state index contributed by atoms with van der Waals surface area (Å²) in [5.41, 5.74) is 4.14. The highest BCUT2D eigenvalue weighted by molar-refractivity contribution is 7.89. The van der Waals surface area contributed by atoms with Gasteiger partial charge in [0.2, 0.25) is 10.0 Å². The van der Waals surface area contributed by atoms with E-state index in [9.17, 15) is 13.2 Å². The molecule has 0 unspecified atom stereocenters. The van der Waals surface area contributed by atoms with Gasteiger partial charge < -0.3 is 4.74 Å². The third kappa shape index (κ3) is 6.50. The van der Waals surface area contributed by atoms with Crippen LogP contribution in [0.15, 0.2) is 94.9 Å². The summed E-state index contributed by atoms with van der Waals surface area (Å²) in [7, 11) is -2.40. The van der Waals surface area contributed by atoms with Crippen LogP contribution in [0.25, 0.3) is 0 Å². The molecule has 3 aromatic rings. The Morgan fingerprint density at radius 3 is 2.39 bits per heavy atom. The summed E-state index contributed by atoms with van der Waals surface area (Å²) in [5.74, 6) is 0.127. The molecule has 1 N–H and O–H groups in total. The van der Waals surface area contributed by atoms with Gasteiger partial charge in [-0.3, -0.25) is 4.79 Å². The second-order valence-electron chi connectivity index (χ2n) is 6.71. The molecule has 3 rings (SSSR count). The number of carbonyl (C=O) groups is 1. The number of hydrogen-bond donors (Lipinski definition) is 1. The largest absolute Gasteiger partial charge is 0.489 e. The maximum atomic E-state index is 12.5. The molecule has 0 radical (unpaired) electrons. The Morgan fingerprint density at radius 1 is 1.00 bits per heavy atom. The lowest BCUT2D eigenvalue weighted by Crippen LogP contribution is -2.36. The van der Waals surface area contributed by atoms with E-state index in [0.29, 0.717) is 12.4 Å². The average molecular weight is 438 g/mol. The van der Waals surface area contributed by atoms with Gasteiger partial charge >= 0.3 is 0 Å². The number of carbonyl (C=O) groups excluding carboxylic acids is 1. The fourth-order valence-electron chi connectivity index (χ4n) is 2.70. The predicted octanol–water partition coefficient (Wildman–Crippen LogP) is 3.04. The maximum Gasteiger partial charge on any atom is 0.255 e. The molecule has 0 atom stereocenters. The SMILES string of the molecule is CN(CC(=O)N/N=C\c1cccc(OCc2ccccc2)c1)S(=O)(=O)c1ccccc1. The van der Waals surface area contributed by atoms with Crippen LogP contribution < -0.4 is 10.2 Å². The molecular formula is C23H23N3O4S. The van der Waals surface area contributed by atoms with Gasteiger partial charge in [-0.05, 0) is 35.4 Å². The zero-order valence-electron chi connectivity index (χ0n) is 17.0. The average Bonchev–Trinajstić information content (AvgIpc) is 2.79. The fraction of sp³-hybridized carbons (Fsp3) is 0.130. The standard InChI is InChI=1S/C23H23N3O4S/c1-26(31(28,29)22-13-6-3-7-14-22)17-23(27)25-24-16-20-11-8-12-21(15-20)30-18-19-9-4-2-5-10-19/h2-16H,17-18H2,1H3,(H,25,27)/b24-16-. The van der Waals surface area contributed by atoms with Crippen LogP contribution in [0.4, 0.5) is 0 Å². The van der Waals surface area contributed by atoms with Gasteiger partial charge in [0.05, 0.1) is 17.7 Å². The molecule has 160 valence electrons. The van der Waals surface area contributed by atoms with E-state index in [2.05, 4.69) is 10.5 Å². The van der Waals surface area contributed by atoms with Crippen molar-refractivity contribution in [3.05, 3.63) is 96.1 Å². The van der Waals surface area contributed by atoms with E-state index in [1.54, 1.807) is 24.3 Å². The van der Waals surface area contributed by atoms with Crippen molar-refractivity contribution in [2.45, 2.75) is 11.5 Å². The van der Waals surface area contributed by atoms with Crippen molar-refractivity contribution in [3.63, 3.8) is 0 Å². The molecule has 3 aromatic carbocycles. The van der Waals surface area contributed by atoms with Crippen molar-refractivity contribution in [1.82, 2.24) is 9.73 Å². The highest BCUT2D eigenvalue weighted by atomic mass is 32.2. The Balaban J connectivity index is 1.52. The fourth-order valence-corrected chi connectivity index (χ4v) is 3.85. The Bertz CT molecular complexity index is 1130. The lowest BCUT2D eigenvalue weighted by molar-refractivity contribution is -0.121. The van der Waals surface area contributed by atoms with Crippen molar-refractivity contribution in [2.24, 2.45) is 5.10 Å². The second-order valence-corrected chi connectivity index (χ2v) is 8.76. The number of likely N-dealkylation sites (N-methyl/N-ethyl adjacent to an activating group) is 1. The van der Waals surface area contributed by atoms with Crippen LogP contribution in [0.3, 0.4) is 0 Å². The molecule has 0 saturated carbocycles. The molecule has 0 spiro atoms. The number of nitrogens with one attached hydrogen (secondary N) is 1. The minimum Gasteiger partial charge on any atom is -0.489 e. The van der Waals surface area contributed by atoms with E-state index >= 15 is 0 Å². The molecule has 8 heteroatoms. The first kappa shape index (κ1) is 22.2. The highest BCUT2D eigenvalue weighted by Crippen LogP contribution is 2.15.